The van der Waals surface area contributed by atoms with Gasteiger partial charge in [-0.25, -0.2) is 4.39 Å². The Morgan fingerprint density at radius 2 is 1.64 bits per heavy atom. The first-order chi connectivity index (χ1) is 17.2. The van der Waals surface area contributed by atoms with Crippen LogP contribution in [-0.2, 0) is 9.59 Å². The molecule has 4 rings (SSSR count). The summed E-state index contributed by atoms with van der Waals surface area (Å²) in [5, 5.41) is 11.5. The number of ether oxygens (including phenoxy) is 3. The zero-order valence-corrected chi connectivity index (χ0v) is 20.9. The van der Waals surface area contributed by atoms with Gasteiger partial charge in [-0.15, -0.1) is 0 Å². The highest BCUT2D eigenvalue weighted by atomic mass is 35.5. The summed E-state index contributed by atoms with van der Waals surface area (Å²) in [6, 6.07) is 12.1. The first kappa shape index (κ1) is 25.3. The van der Waals surface area contributed by atoms with Gasteiger partial charge in [0, 0.05) is 5.69 Å². The number of anilines is 1. The van der Waals surface area contributed by atoms with Crippen molar-refractivity contribution in [3.63, 3.8) is 0 Å². The summed E-state index contributed by atoms with van der Waals surface area (Å²) in [4.78, 5) is 27.7. The quantitative estimate of drug-likeness (QED) is 0.246. The second-order valence-corrected chi connectivity index (χ2v) is 8.50. The number of carbonyl (C=O) groups excluding carboxylic acids is 2. The second kappa shape index (κ2) is 10.1. The SMILES string of the molecule is COc1cccc(C2/C(=C(\O)c3cc(Cl)c(OC)c(Cl)c3OC)C(=O)C(=O)N2c2cccc(F)c2)c1. The molecule has 1 aliphatic rings. The number of halogens is 3. The molecule has 7 nitrogen and oxygen atoms in total. The predicted octanol–water partition coefficient (Wildman–Crippen LogP) is 5.78. The van der Waals surface area contributed by atoms with Crippen LogP contribution in [0.25, 0.3) is 5.76 Å². The zero-order chi connectivity index (χ0) is 26.1. The van der Waals surface area contributed by atoms with Crippen LogP contribution in [0.15, 0.2) is 60.2 Å². The Labute approximate surface area is 216 Å². The average molecular weight is 532 g/mol. The number of aliphatic hydroxyl groups excluding tert-OH is 1. The molecule has 10 heteroatoms. The lowest BCUT2D eigenvalue weighted by Crippen LogP contribution is -2.29. The number of methoxy groups -OCH3 is 3. The van der Waals surface area contributed by atoms with Crippen molar-refractivity contribution in [2.45, 2.75) is 6.04 Å². The highest BCUT2D eigenvalue weighted by molar-refractivity contribution is 6.52. The van der Waals surface area contributed by atoms with Crippen LogP contribution in [0.3, 0.4) is 0 Å². The number of aliphatic hydroxyl groups is 1. The van der Waals surface area contributed by atoms with Crippen molar-refractivity contribution < 1.29 is 33.3 Å². The highest BCUT2D eigenvalue weighted by Gasteiger charge is 2.47. The summed E-state index contributed by atoms with van der Waals surface area (Å²) >= 11 is 12.7. The molecular weight excluding hydrogens is 512 g/mol. The maximum atomic E-state index is 14.1. The van der Waals surface area contributed by atoms with E-state index in [1.807, 2.05) is 0 Å². The lowest BCUT2D eigenvalue weighted by atomic mass is 9.94. The van der Waals surface area contributed by atoms with Crippen molar-refractivity contribution in [3.05, 3.63) is 87.2 Å². The molecule has 0 radical (unpaired) electrons. The molecule has 1 fully saturated rings. The third-order valence-corrected chi connectivity index (χ3v) is 6.36. The Morgan fingerprint density at radius 3 is 2.28 bits per heavy atom. The van der Waals surface area contributed by atoms with E-state index < -0.39 is 29.3 Å². The molecule has 1 atom stereocenters. The van der Waals surface area contributed by atoms with Crippen LogP contribution in [0.5, 0.6) is 17.2 Å². The fraction of sp³-hybridized carbons (Fsp3) is 0.154. The molecule has 0 saturated carbocycles. The molecule has 186 valence electrons. The van der Waals surface area contributed by atoms with Crippen molar-refractivity contribution in [2.24, 2.45) is 0 Å². The smallest absolute Gasteiger partial charge is 0.300 e. The summed E-state index contributed by atoms with van der Waals surface area (Å²) in [6.07, 6.45) is 0. The minimum absolute atomic E-state index is 0.0169. The standard InChI is InChI=1S/C26H20Cl2FNO6/c1-34-16-9-4-6-13(10-16)21-19(23(32)26(33)30(21)15-8-5-7-14(29)11-15)22(31)17-12-18(27)25(36-3)20(28)24(17)35-2/h4-12,21,31H,1-3H3/b22-19+. The summed E-state index contributed by atoms with van der Waals surface area (Å²) in [5.41, 5.74) is 0.261. The Hall–Kier alpha value is -3.75. The molecule has 3 aromatic rings. The first-order valence-electron chi connectivity index (χ1n) is 10.5. The largest absolute Gasteiger partial charge is 0.507 e. The van der Waals surface area contributed by atoms with Crippen LogP contribution in [0, 0.1) is 5.82 Å². The van der Waals surface area contributed by atoms with Crippen molar-refractivity contribution in [1.82, 2.24) is 0 Å². The van der Waals surface area contributed by atoms with E-state index in [4.69, 9.17) is 37.4 Å². The van der Waals surface area contributed by atoms with Crippen LogP contribution in [-0.4, -0.2) is 38.1 Å². The Balaban J connectivity index is 2.03. The number of amides is 1. The Kier molecular flexibility index (Phi) is 7.10. The summed E-state index contributed by atoms with van der Waals surface area (Å²) < 4.78 is 30.0. The molecule has 3 aromatic carbocycles. The molecule has 1 amide bonds. The van der Waals surface area contributed by atoms with Crippen molar-refractivity contribution in [2.75, 3.05) is 26.2 Å². The molecule has 1 N–H and O–H groups in total. The van der Waals surface area contributed by atoms with Gasteiger partial charge < -0.3 is 19.3 Å². The van der Waals surface area contributed by atoms with E-state index in [0.717, 1.165) is 11.0 Å². The van der Waals surface area contributed by atoms with Gasteiger partial charge in [-0.05, 0) is 42.0 Å². The van der Waals surface area contributed by atoms with Gasteiger partial charge in [0.25, 0.3) is 11.7 Å². The molecular formula is C26H20Cl2FNO6. The fourth-order valence-corrected chi connectivity index (χ4v) is 4.83. The van der Waals surface area contributed by atoms with Gasteiger partial charge in [0.1, 0.15) is 22.3 Å². The third kappa shape index (κ3) is 4.23. The van der Waals surface area contributed by atoms with Crippen molar-refractivity contribution in [1.29, 1.82) is 0 Å². The van der Waals surface area contributed by atoms with E-state index in [0.29, 0.717) is 11.3 Å². The van der Waals surface area contributed by atoms with Gasteiger partial charge in [-0.3, -0.25) is 14.5 Å². The summed E-state index contributed by atoms with van der Waals surface area (Å²) in [6.45, 7) is 0. The zero-order valence-electron chi connectivity index (χ0n) is 19.3. The van der Waals surface area contributed by atoms with E-state index in [2.05, 4.69) is 0 Å². The number of rotatable bonds is 6. The minimum atomic E-state index is -1.13. The number of carbonyl (C=O) groups is 2. The number of hydrogen-bond donors (Lipinski definition) is 1. The van der Waals surface area contributed by atoms with Crippen LogP contribution >= 0.6 is 23.2 Å². The van der Waals surface area contributed by atoms with Crippen molar-refractivity contribution >= 4 is 46.3 Å². The molecule has 0 spiro atoms. The number of Topliss-reactive ketones (excluding diaryl/α,β-unsaturated/α-hetero) is 1. The number of nitrogens with zero attached hydrogens (tertiary/aromatic N) is 1. The molecule has 1 saturated heterocycles. The van der Waals surface area contributed by atoms with Gasteiger partial charge in [0.05, 0.1) is 43.5 Å². The second-order valence-electron chi connectivity index (χ2n) is 7.71. The number of hydrogen-bond acceptors (Lipinski definition) is 6. The molecule has 0 aromatic heterocycles. The monoisotopic (exact) mass is 531 g/mol. The van der Waals surface area contributed by atoms with Crippen molar-refractivity contribution in [3.8, 4) is 17.2 Å². The Bertz CT molecular complexity index is 1410. The lowest BCUT2D eigenvalue weighted by Gasteiger charge is -2.26. The third-order valence-electron chi connectivity index (χ3n) is 5.74. The number of ketones is 1. The van der Waals surface area contributed by atoms with Gasteiger partial charge in [0.15, 0.2) is 11.5 Å². The average Bonchev–Trinajstić information content (AvgIpc) is 3.14. The first-order valence-corrected chi connectivity index (χ1v) is 11.3. The van der Waals surface area contributed by atoms with Gasteiger partial charge >= 0.3 is 0 Å². The van der Waals surface area contributed by atoms with Gasteiger partial charge in [0.2, 0.25) is 0 Å². The molecule has 0 bridgehead atoms. The van der Waals surface area contributed by atoms with Gasteiger partial charge in [-0.1, -0.05) is 41.4 Å². The van der Waals surface area contributed by atoms with E-state index in [-0.39, 0.29) is 38.4 Å². The topological polar surface area (TPSA) is 85.3 Å². The fourth-order valence-electron chi connectivity index (χ4n) is 4.14. The minimum Gasteiger partial charge on any atom is -0.507 e. The van der Waals surface area contributed by atoms with E-state index in [9.17, 15) is 19.1 Å². The molecule has 1 heterocycles. The normalized spacial score (nSPS) is 16.8. The van der Waals surface area contributed by atoms with Crippen LogP contribution in [0.1, 0.15) is 17.2 Å². The van der Waals surface area contributed by atoms with Crippen LogP contribution in [0.4, 0.5) is 10.1 Å². The lowest BCUT2D eigenvalue weighted by molar-refractivity contribution is -0.132. The maximum absolute atomic E-state index is 14.1. The predicted molar refractivity (Wildman–Crippen MR) is 134 cm³/mol. The Morgan fingerprint density at radius 1 is 0.944 bits per heavy atom. The molecule has 0 aliphatic carbocycles. The van der Waals surface area contributed by atoms with E-state index in [1.165, 1.54) is 45.6 Å². The van der Waals surface area contributed by atoms with Crippen LogP contribution < -0.4 is 19.1 Å². The number of benzene rings is 3. The van der Waals surface area contributed by atoms with E-state index >= 15 is 0 Å². The molecule has 1 unspecified atom stereocenters. The summed E-state index contributed by atoms with van der Waals surface area (Å²) in [7, 11) is 4.14. The highest BCUT2D eigenvalue weighted by Crippen LogP contribution is 2.48. The maximum Gasteiger partial charge on any atom is 0.300 e. The van der Waals surface area contributed by atoms with Crippen LogP contribution in [0.2, 0.25) is 10.0 Å². The van der Waals surface area contributed by atoms with Gasteiger partial charge in [-0.2, -0.15) is 0 Å². The summed E-state index contributed by atoms with van der Waals surface area (Å²) in [5.74, 6) is -2.59. The molecule has 36 heavy (non-hydrogen) atoms. The molecule has 1 aliphatic heterocycles. The van der Waals surface area contributed by atoms with E-state index in [1.54, 1.807) is 24.3 Å².